The maximum atomic E-state index is 11.8. The highest BCUT2D eigenvalue weighted by molar-refractivity contribution is 5.93. The average molecular weight is 209 g/mol. The molecule has 4 nitrogen and oxygen atoms in total. The summed E-state index contributed by atoms with van der Waals surface area (Å²) in [5, 5.41) is 2.86. The molecule has 0 saturated heterocycles. The average Bonchev–Trinajstić information content (AvgIpc) is 2.46. The van der Waals surface area contributed by atoms with Crippen LogP contribution < -0.4 is 11.1 Å². The molecular weight excluding hydrogens is 190 g/mol. The number of rotatable bonds is 4. The van der Waals surface area contributed by atoms with Crippen molar-refractivity contribution in [2.45, 2.75) is 39.8 Å². The number of hydrogen-bond donors (Lipinski definition) is 2. The van der Waals surface area contributed by atoms with Crippen LogP contribution in [0, 0.1) is 0 Å². The van der Waals surface area contributed by atoms with E-state index in [-0.39, 0.29) is 11.9 Å². The Balaban J connectivity index is 2.86. The molecule has 84 valence electrons. The fourth-order valence-corrected chi connectivity index (χ4v) is 1.49. The van der Waals surface area contributed by atoms with Crippen LogP contribution in [-0.4, -0.2) is 16.5 Å². The van der Waals surface area contributed by atoms with Crippen LogP contribution in [-0.2, 0) is 6.54 Å². The number of amides is 1. The highest BCUT2D eigenvalue weighted by Gasteiger charge is 2.12. The van der Waals surface area contributed by atoms with E-state index in [0.29, 0.717) is 11.4 Å². The number of carbonyl (C=O) groups is 1. The first-order valence-electron chi connectivity index (χ1n) is 5.31. The third-order valence-corrected chi connectivity index (χ3v) is 2.03. The van der Waals surface area contributed by atoms with Crippen LogP contribution in [0.15, 0.2) is 12.3 Å². The van der Waals surface area contributed by atoms with Crippen LogP contribution in [0.3, 0.4) is 0 Å². The van der Waals surface area contributed by atoms with Gasteiger partial charge in [0.15, 0.2) is 0 Å². The predicted molar refractivity (Wildman–Crippen MR) is 61.7 cm³/mol. The summed E-state index contributed by atoms with van der Waals surface area (Å²) in [5.74, 6) is -0.0600. The molecule has 0 spiro atoms. The number of aryl methyl sites for hydroxylation is 1. The van der Waals surface area contributed by atoms with E-state index in [1.54, 1.807) is 12.3 Å². The fourth-order valence-electron chi connectivity index (χ4n) is 1.49. The van der Waals surface area contributed by atoms with Gasteiger partial charge >= 0.3 is 0 Å². The van der Waals surface area contributed by atoms with Crippen molar-refractivity contribution in [1.29, 1.82) is 0 Å². The van der Waals surface area contributed by atoms with Crippen molar-refractivity contribution in [3.05, 3.63) is 18.0 Å². The number of nitrogens with zero attached hydrogens (tertiary/aromatic N) is 1. The molecule has 0 radical (unpaired) electrons. The standard InChI is InChI=1S/C11H19N3O/c1-4-5-14-7-9(12)6-10(14)11(15)13-8(2)3/h6-8H,4-5,12H2,1-3H3,(H,13,15). The van der Waals surface area contributed by atoms with Crippen molar-refractivity contribution in [1.82, 2.24) is 9.88 Å². The van der Waals surface area contributed by atoms with Crippen LogP contribution in [0.4, 0.5) is 5.69 Å². The van der Waals surface area contributed by atoms with Crippen LogP contribution in [0.25, 0.3) is 0 Å². The van der Waals surface area contributed by atoms with Gasteiger partial charge in [0.1, 0.15) is 5.69 Å². The Kier molecular flexibility index (Phi) is 3.77. The van der Waals surface area contributed by atoms with E-state index in [1.807, 2.05) is 18.4 Å². The van der Waals surface area contributed by atoms with E-state index in [4.69, 9.17) is 5.73 Å². The summed E-state index contributed by atoms with van der Waals surface area (Å²) < 4.78 is 1.90. The predicted octanol–water partition coefficient (Wildman–Crippen LogP) is 1.62. The van der Waals surface area contributed by atoms with E-state index in [1.165, 1.54) is 0 Å². The van der Waals surface area contributed by atoms with Gasteiger partial charge in [0, 0.05) is 18.8 Å². The lowest BCUT2D eigenvalue weighted by molar-refractivity contribution is 0.0933. The van der Waals surface area contributed by atoms with E-state index in [2.05, 4.69) is 12.2 Å². The molecule has 0 aliphatic rings. The summed E-state index contributed by atoms with van der Waals surface area (Å²) in [7, 11) is 0. The van der Waals surface area contributed by atoms with Crippen LogP contribution in [0.2, 0.25) is 0 Å². The zero-order valence-corrected chi connectivity index (χ0v) is 9.58. The molecule has 15 heavy (non-hydrogen) atoms. The van der Waals surface area contributed by atoms with Crippen molar-refractivity contribution in [3.8, 4) is 0 Å². The Bertz CT molecular complexity index is 342. The molecule has 4 heteroatoms. The monoisotopic (exact) mass is 209 g/mol. The highest BCUT2D eigenvalue weighted by Crippen LogP contribution is 2.11. The second-order valence-corrected chi connectivity index (χ2v) is 3.98. The number of hydrogen-bond acceptors (Lipinski definition) is 2. The molecule has 1 aromatic heterocycles. The van der Waals surface area contributed by atoms with Gasteiger partial charge in [-0.15, -0.1) is 0 Å². The molecule has 0 aliphatic heterocycles. The molecule has 0 unspecified atom stereocenters. The van der Waals surface area contributed by atoms with E-state index in [9.17, 15) is 4.79 Å². The number of nitrogens with one attached hydrogen (secondary N) is 1. The molecule has 1 amide bonds. The Labute approximate surface area is 90.5 Å². The van der Waals surface area contributed by atoms with Crippen molar-refractivity contribution in [2.75, 3.05) is 5.73 Å². The van der Waals surface area contributed by atoms with E-state index >= 15 is 0 Å². The van der Waals surface area contributed by atoms with Crippen LogP contribution in [0.1, 0.15) is 37.7 Å². The zero-order valence-electron chi connectivity index (χ0n) is 9.58. The van der Waals surface area contributed by atoms with Crippen molar-refractivity contribution in [2.24, 2.45) is 0 Å². The quantitative estimate of drug-likeness (QED) is 0.791. The molecule has 0 fully saturated rings. The molecular formula is C11H19N3O. The van der Waals surface area contributed by atoms with E-state index in [0.717, 1.165) is 13.0 Å². The van der Waals surface area contributed by atoms with Crippen molar-refractivity contribution >= 4 is 11.6 Å². The molecule has 3 N–H and O–H groups in total. The minimum atomic E-state index is -0.0600. The van der Waals surface area contributed by atoms with E-state index < -0.39 is 0 Å². The summed E-state index contributed by atoms with van der Waals surface area (Å²) in [6.45, 7) is 6.76. The molecule has 0 aliphatic carbocycles. The zero-order chi connectivity index (χ0) is 11.4. The second kappa shape index (κ2) is 4.87. The third-order valence-electron chi connectivity index (χ3n) is 2.03. The lowest BCUT2D eigenvalue weighted by Crippen LogP contribution is -2.31. The maximum Gasteiger partial charge on any atom is 0.268 e. The van der Waals surface area contributed by atoms with Crippen molar-refractivity contribution in [3.63, 3.8) is 0 Å². The smallest absolute Gasteiger partial charge is 0.268 e. The maximum absolute atomic E-state index is 11.8. The number of carbonyl (C=O) groups excluding carboxylic acids is 1. The second-order valence-electron chi connectivity index (χ2n) is 3.98. The van der Waals surface area contributed by atoms with Gasteiger partial charge in [0.2, 0.25) is 0 Å². The van der Waals surface area contributed by atoms with Gasteiger partial charge < -0.3 is 15.6 Å². The molecule has 1 aromatic rings. The van der Waals surface area contributed by atoms with Crippen LogP contribution >= 0.6 is 0 Å². The number of nitrogens with two attached hydrogens (primary N) is 1. The lowest BCUT2D eigenvalue weighted by atomic mass is 10.3. The SMILES string of the molecule is CCCn1cc(N)cc1C(=O)NC(C)C. The normalized spacial score (nSPS) is 10.7. The Hall–Kier alpha value is -1.45. The highest BCUT2D eigenvalue weighted by atomic mass is 16.2. The Morgan fingerprint density at radius 2 is 2.27 bits per heavy atom. The Morgan fingerprint density at radius 1 is 1.60 bits per heavy atom. The summed E-state index contributed by atoms with van der Waals surface area (Å²) in [6.07, 6.45) is 2.79. The minimum Gasteiger partial charge on any atom is -0.397 e. The molecule has 0 bridgehead atoms. The topological polar surface area (TPSA) is 60.0 Å². The van der Waals surface area contributed by atoms with Gasteiger partial charge in [0.25, 0.3) is 5.91 Å². The number of anilines is 1. The summed E-state index contributed by atoms with van der Waals surface area (Å²) in [6, 6.07) is 1.86. The molecule has 0 aromatic carbocycles. The molecule has 1 rings (SSSR count). The van der Waals surface area contributed by atoms with Crippen LogP contribution in [0.5, 0.6) is 0 Å². The summed E-state index contributed by atoms with van der Waals surface area (Å²) in [4.78, 5) is 11.8. The number of aromatic nitrogens is 1. The van der Waals surface area contributed by atoms with Gasteiger partial charge in [-0.05, 0) is 26.3 Å². The lowest BCUT2D eigenvalue weighted by Gasteiger charge is -2.10. The third kappa shape index (κ3) is 3.01. The summed E-state index contributed by atoms with van der Waals surface area (Å²) in [5.41, 5.74) is 6.96. The first-order valence-corrected chi connectivity index (χ1v) is 5.31. The number of nitrogen functional groups attached to an aromatic ring is 1. The molecule has 0 atom stereocenters. The first kappa shape index (κ1) is 11.6. The van der Waals surface area contributed by atoms with Crippen molar-refractivity contribution < 1.29 is 4.79 Å². The van der Waals surface area contributed by atoms with Gasteiger partial charge in [-0.25, -0.2) is 0 Å². The largest absolute Gasteiger partial charge is 0.397 e. The molecule has 1 heterocycles. The van der Waals surface area contributed by atoms with Gasteiger partial charge in [-0.3, -0.25) is 4.79 Å². The first-order chi connectivity index (χ1) is 7.04. The van der Waals surface area contributed by atoms with Gasteiger partial charge in [-0.2, -0.15) is 0 Å². The Morgan fingerprint density at radius 3 is 2.80 bits per heavy atom. The van der Waals surface area contributed by atoms with Gasteiger partial charge in [0.05, 0.1) is 5.69 Å². The molecule has 0 saturated carbocycles. The summed E-state index contributed by atoms with van der Waals surface area (Å²) >= 11 is 0. The van der Waals surface area contributed by atoms with Gasteiger partial charge in [-0.1, -0.05) is 6.92 Å². The fraction of sp³-hybridized carbons (Fsp3) is 0.545. The minimum absolute atomic E-state index is 0.0600.